The van der Waals surface area contributed by atoms with Gasteiger partial charge in [0.2, 0.25) is 0 Å². The summed E-state index contributed by atoms with van der Waals surface area (Å²) in [5.41, 5.74) is 0.803. The zero-order valence-electron chi connectivity index (χ0n) is 9.82. The van der Waals surface area contributed by atoms with E-state index in [1.807, 2.05) is 6.92 Å². The van der Waals surface area contributed by atoms with Crippen molar-refractivity contribution >= 4 is 17.3 Å². The highest BCUT2D eigenvalue weighted by molar-refractivity contribution is 6.00. The van der Waals surface area contributed by atoms with Gasteiger partial charge < -0.3 is 10.6 Å². The Bertz CT molecular complexity index is 432. The Morgan fingerprint density at radius 3 is 2.71 bits per heavy atom. The molecule has 0 aliphatic rings. The molecule has 1 amide bonds. The molecular weight excluding hydrogens is 222 g/mol. The molecule has 17 heavy (non-hydrogen) atoms. The normalized spacial score (nSPS) is 9.76. The lowest BCUT2D eigenvalue weighted by molar-refractivity contribution is -0.384. The molecular formula is C11H15N3O3. The van der Waals surface area contributed by atoms with Crippen LogP contribution in [0.3, 0.4) is 0 Å². The first kappa shape index (κ1) is 13.0. The fourth-order valence-corrected chi connectivity index (χ4v) is 1.38. The van der Waals surface area contributed by atoms with Gasteiger partial charge >= 0.3 is 0 Å². The molecule has 0 unspecified atom stereocenters. The first-order valence-electron chi connectivity index (χ1n) is 5.34. The molecule has 6 heteroatoms. The Morgan fingerprint density at radius 2 is 2.18 bits per heavy atom. The van der Waals surface area contributed by atoms with Crippen LogP contribution in [0.4, 0.5) is 11.4 Å². The largest absolute Gasteiger partial charge is 0.384 e. The molecule has 6 nitrogen and oxygen atoms in total. The summed E-state index contributed by atoms with van der Waals surface area (Å²) in [6.45, 7) is 2.71. The van der Waals surface area contributed by atoms with E-state index in [1.54, 1.807) is 6.07 Å². The first-order chi connectivity index (χ1) is 8.10. The number of nitrogens with zero attached hydrogens (tertiary/aromatic N) is 1. The van der Waals surface area contributed by atoms with Crippen LogP contribution < -0.4 is 10.6 Å². The maximum Gasteiger partial charge on any atom is 0.270 e. The molecule has 0 atom stereocenters. The van der Waals surface area contributed by atoms with Crippen molar-refractivity contribution < 1.29 is 9.72 Å². The zero-order chi connectivity index (χ0) is 12.8. The number of benzene rings is 1. The van der Waals surface area contributed by atoms with Gasteiger partial charge in [-0.3, -0.25) is 14.9 Å². The van der Waals surface area contributed by atoms with Crippen molar-refractivity contribution in [3.05, 3.63) is 33.9 Å². The van der Waals surface area contributed by atoms with E-state index in [0.29, 0.717) is 12.2 Å². The van der Waals surface area contributed by atoms with E-state index >= 15 is 0 Å². The molecule has 92 valence electrons. The van der Waals surface area contributed by atoms with Crippen LogP contribution in [0.25, 0.3) is 0 Å². The lowest BCUT2D eigenvalue weighted by Crippen LogP contribution is -2.20. The lowest BCUT2D eigenvalue weighted by atomic mass is 10.1. The number of carbonyl (C=O) groups excluding carboxylic acids is 1. The average molecular weight is 237 g/mol. The number of nitro groups is 1. The number of nitro benzene ring substituents is 1. The van der Waals surface area contributed by atoms with Gasteiger partial charge in [-0.25, -0.2) is 0 Å². The minimum absolute atomic E-state index is 0.0920. The summed E-state index contributed by atoms with van der Waals surface area (Å²) < 4.78 is 0. The highest BCUT2D eigenvalue weighted by Crippen LogP contribution is 2.22. The molecule has 0 fully saturated rings. The number of rotatable bonds is 5. The quantitative estimate of drug-likeness (QED) is 0.603. The van der Waals surface area contributed by atoms with Crippen LogP contribution in [-0.4, -0.2) is 24.4 Å². The second kappa shape index (κ2) is 5.83. The van der Waals surface area contributed by atoms with E-state index in [4.69, 9.17) is 0 Å². The molecule has 1 aromatic rings. The number of hydrogen-bond acceptors (Lipinski definition) is 4. The molecule has 0 aliphatic carbocycles. The van der Waals surface area contributed by atoms with Gasteiger partial charge in [-0.05, 0) is 12.5 Å². The van der Waals surface area contributed by atoms with E-state index in [0.717, 1.165) is 6.42 Å². The first-order valence-corrected chi connectivity index (χ1v) is 5.34. The maximum atomic E-state index is 11.6. The smallest absolute Gasteiger partial charge is 0.270 e. The fraction of sp³-hybridized carbons (Fsp3) is 0.364. The third-order valence-corrected chi connectivity index (χ3v) is 2.25. The Hall–Kier alpha value is -2.11. The van der Waals surface area contributed by atoms with Crippen LogP contribution in [0.5, 0.6) is 0 Å². The van der Waals surface area contributed by atoms with Gasteiger partial charge in [0.1, 0.15) is 0 Å². The van der Waals surface area contributed by atoms with Crippen LogP contribution in [0, 0.1) is 10.1 Å². The number of amides is 1. The Labute approximate surface area is 99.2 Å². The molecule has 1 aromatic carbocycles. The summed E-state index contributed by atoms with van der Waals surface area (Å²) in [5, 5.41) is 16.2. The van der Waals surface area contributed by atoms with Gasteiger partial charge in [0.15, 0.2) is 0 Å². The molecule has 0 radical (unpaired) electrons. The van der Waals surface area contributed by atoms with Crippen LogP contribution >= 0.6 is 0 Å². The second-order valence-electron chi connectivity index (χ2n) is 3.49. The third-order valence-electron chi connectivity index (χ3n) is 2.25. The number of anilines is 1. The van der Waals surface area contributed by atoms with Gasteiger partial charge in [-0.15, -0.1) is 0 Å². The van der Waals surface area contributed by atoms with E-state index in [2.05, 4.69) is 10.6 Å². The molecule has 0 heterocycles. The summed E-state index contributed by atoms with van der Waals surface area (Å²) >= 11 is 0. The highest BCUT2D eigenvalue weighted by atomic mass is 16.6. The summed E-state index contributed by atoms with van der Waals surface area (Å²) in [5.74, 6) is -0.340. The Balaban J connectivity index is 3.12. The van der Waals surface area contributed by atoms with Crippen LogP contribution in [0.2, 0.25) is 0 Å². The maximum absolute atomic E-state index is 11.6. The van der Waals surface area contributed by atoms with E-state index < -0.39 is 4.92 Å². The predicted molar refractivity (Wildman–Crippen MR) is 65.3 cm³/mol. The molecule has 0 saturated heterocycles. The van der Waals surface area contributed by atoms with Crippen molar-refractivity contribution in [2.75, 3.05) is 18.9 Å². The minimum Gasteiger partial charge on any atom is -0.384 e. The molecule has 2 N–H and O–H groups in total. The lowest BCUT2D eigenvalue weighted by Gasteiger charge is -2.10. The fourth-order valence-electron chi connectivity index (χ4n) is 1.38. The van der Waals surface area contributed by atoms with Gasteiger partial charge in [-0.2, -0.15) is 0 Å². The topological polar surface area (TPSA) is 84.3 Å². The van der Waals surface area contributed by atoms with Crippen molar-refractivity contribution in [1.82, 2.24) is 5.32 Å². The predicted octanol–water partition coefficient (Wildman–Crippen LogP) is 1.78. The molecule has 0 bridgehead atoms. The average Bonchev–Trinajstić information content (AvgIpc) is 2.35. The molecule has 0 aliphatic heterocycles. The monoisotopic (exact) mass is 237 g/mol. The van der Waals surface area contributed by atoms with Crippen molar-refractivity contribution in [2.45, 2.75) is 13.3 Å². The minimum atomic E-state index is -0.518. The second-order valence-corrected chi connectivity index (χ2v) is 3.49. The van der Waals surface area contributed by atoms with Gasteiger partial charge in [0.05, 0.1) is 10.5 Å². The number of carbonyl (C=O) groups is 1. The summed E-state index contributed by atoms with van der Waals surface area (Å²) in [6, 6.07) is 4.21. The number of nitrogens with one attached hydrogen (secondary N) is 2. The van der Waals surface area contributed by atoms with E-state index in [9.17, 15) is 14.9 Å². The summed E-state index contributed by atoms with van der Waals surface area (Å²) in [4.78, 5) is 21.7. The Kier molecular flexibility index (Phi) is 4.45. The van der Waals surface area contributed by atoms with Crippen molar-refractivity contribution in [2.24, 2.45) is 0 Å². The molecule has 0 saturated carbocycles. The van der Waals surface area contributed by atoms with Crippen LogP contribution in [0.1, 0.15) is 23.7 Å². The number of non-ortho nitro benzene ring substituents is 1. The van der Waals surface area contributed by atoms with Crippen LogP contribution in [-0.2, 0) is 0 Å². The van der Waals surface area contributed by atoms with E-state index in [-0.39, 0.29) is 17.2 Å². The number of hydrogen-bond donors (Lipinski definition) is 2. The Morgan fingerprint density at radius 1 is 1.47 bits per heavy atom. The van der Waals surface area contributed by atoms with Crippen molar-refractivity contribution in [3.63, 3.8) is 0 Å². The van der Waals surface area contributed by atoms with Gasteiger partial charge in [0.25, 0.3) is 11.6 Å². The molecule has 1 rings (SSSR count). The summed E-state index contributed by atoms with van der Waals surface area (Å²) in [6.07, 6.45) is 0.907. The van der Waals surface area contributed by atoms with Crippen molar-refractivity contribution in [1.29, 1.82) is 0 Å². The summed E-state index contributed by atoms with van der Waals surface area (Å²) in [7, 11) is 1.49. The van der Waals surface area contributed by atoms with E-state index in [1.165, 1.54) is 19.2 Å². The molecule has 0 aromatic heterocycles. The van der Waals surface area contributed by atoms with Gasteiger partial charge in [-0.1, -0.05) is 6.92 Å². The standard InChI is InChI=1S/C11H15N3O3/c1-3-6-13-10-5-4-8(14(16)17)7-9(10)11(15)12-2/h4-5,7,13H,3,6H2,1-2H3,(H,12,15). The van der Waals surface area contributed by atoms with Crippen LogP contribution in [0.15, 0.2) is 18.2 Å². The van der Waals surface area contributed by atoms with Gasteiger partial charge in [0, 0.05) is 31.4 Å². The highest BCUT2D eigenvalue weighted by Gasteiger charge is 2.15. The molecule has 0 spiro atoms. The SMILES string of the molecule is CCCNc1ccc([N+](=O)[O-])cc1C(=O)NC. The zero-order valence-corrected chi connectivity index (χ0v) is 9.82. The third kappa shape index (κ3) is 3.17. The van der Waals surface area contributed by atoms with Crippen molar-refractivity contribution in [3.8, 4) is 0 Å².